The van der Waals surface area contributed by atoms with E-state index in [9.17, 15) is 13.2 Å². The van der Waals surface area contributed by atoms with Gasteiger partial charge in [0.25, 0.3) is 0 Å². The first-order chi connectivity index (χ1) is 12.5. The molecule has 2 aromatic rings. The average molecular weight is 366 g/mol. The lowest BCUT2D eigenvalue weighted by molar-refractivity contribution is -0.139. The fourth-order valence-electron chi connectivity index (χ4n) is 2.23. The highest BCUT2D eigenvalue weighted by Crippen LogP contribution is 2.34. The lowest BCUT2D eigenvalue weighted by Crippen LogP contribution is -2.40. The molecule has 26 heavy (non-hydrogen) atoms. The van der Waals surface area contributed by atoms with Crippen LogP contribution >= 0.6 is 0 Å². The molecule has 0 amide bonds. The average Bonchev–Trinajstić information content (AvgIpc) is 2.64. The van der Waals surface area contributed by atoms with Crippen LogP contribution in [0, 0.1) is 0 Å². The van der Waals surface area contributed by atoms with E-state index < -0.39 is 17.6 Å². The second-order valence-corrected chi connectivity index (χ2v) is 5.36. The lowest BCUT2D eigenvalue weighted by Gasteiger charge is -2.14. The number of ether oxygens (including phenoxy) is 1. The Hall–Kier alpha value is -2.77. The summed E-state index contributed by atoms with van der Waals surface area (Å²) in [6, 6.07) is 12.2. The topological polar surface area (TPSA) is 58.5 Å². The standard InChI is InChI=1S/C18H21F3N4O/c1-22-17(24-11-9-14-6-3-2-4-7-14)25-12-13-26-16-15(18(19,20)21)8-5-10-23-16/h2-8,10H,9,11-13H2,1H3,(H2,22,24,25). The van der Waals surface area contributed by atoms with Crippen LogP contribution in [0.5, 0.6) is 5.88 Å². The summed E-state index contributed by atoms with van der Waals surface area (Å²) in [5, 5.41) is 6.13. The van der Waals surface area contributed by atoms with Crippen molar-refractivity contribution >= 4 is 5.96 Å². The van der Waals surface area contributed by atoms with E-state index >= 15 is 0 Å². The molecule has 1 heterocycles. The number of aliphatic imine (C=N–C) groups is 1. The molecule has 2 rings (SSSR count). The molecule has 0 unspecified atom stereocenters. The summed E-state index contributed by atoms with van der Waals surface area (Å²) in [5.41, 5.74) is 0.319. The zero-order valence-electron chi connectivity index (χ0n) is 14.4. The molecule has 0 fully saturated rings. The van der Waals surface area contributed by atoms with Crippen molar-refractivity contribution in [2.45, 2.75) is 12.6 Å². The maximum absolute atomic E-state index is 12.9. The van der Waals surface area contributed by atoms with E-state index in [4.69, 9.17) is 4.74 Å². The molecule has 0 saturated carbocycles. The summed E-state index contributed by atoms with van der Waals surface area (Å²) in [6.07, 6.45) is -2.39. The molecule has 0 spiro atoms. The number of alkyl halides is 3. The Morgan fingerprint density at radius 1 is 1.08 bits per heavy atom. The number of pyridine rings is 1. The Labute approximate surface area is 150 Å². The van der Waals surface area contributed by atoms with E-state index in [1.807, 2.05) is 30.3 Å². The Morgan fingerprint density at radius 3 is 2.50 bits per heavy atom. The molecular formula is C18H21F3N4O. The molecule has 0 atom stereocenters. The number of rotatable bonds is 7. The fourth-order valence-corrected chi connectivity index (χ4v) is 2.23. The first-order valence-electron chi connectivity index (χ1n) is 8.14. The normalized spacial score (nSPS) is 11.9. The molecule has 0 aliphatic carbocycles. The number of hydrogen-bond acceptors (Lipinski definition) is 3. The van der Waals surface area contributed by atoms with Crippen LogP contribution in [0.2, 0.25) is 0 Å². The van der Waals surface area contributed by atoms with Gasteiger partial charge in [-0.05, 0) is 24.1 Å². The molecule has 1 aromatic carbocycles. The van der Waals surface area contributed by atoms with Crippen molar-refractivity contribution < 1.29 is 17.9 Å². The van der Waals surface area contributed by atoms with Crippen LogP contribution in [-0.4, -0.2) is 37.7 Å². The van der Waals surface area contributed by atoms with Crippen LogP contribution in [0.1, 0.15) is 11.1 Å². The SMILES string of the molecule is CN=C(NCCOc1ncccc1C(F)(F)F)NCCc1ccccc1. The highest BCUT2D eigenvalue weighted by atomic mass is 19.4. The Balaban J connectivity index is 1.73. The molecule has 0 aliphatic rings. The molecule has 0 aliphatic heterocycles. The monoisotopic (exact) mass is 366 g/mol. The van der Waals surface area contributed by atoms with Crippen LogP contribution in [0.3, 0.4) is 0 Å². The summed E-state index contributed by atoms with van der Waals surface area (Å²) in [4.78, 5) is 7.71. The van der Waals surface area contributed by atoms with E-state index in [1.54, 1.807) is 7.05 Å². The maximum atomic E-state index is 12.9. The lowest BCUT2D eigenvalue weighted by atomic mass is 10.1. The van der Waals surface area contributed by atoms with Gasteiger partial charge in [-0.25, -0.2) is 4.98 Å². The minimum atomic E-state index is -4.49. The maximum Gasteiger partial charge on any atom is 0.421 e. The third kappa shape index (κ3) is 6.27. The molecule has 0 bridgehead atoms. The summed E-state index contributed by atoms with van der Waals surface area (Å²) in [7, 11) is 1.62. The van der Waals surface area contributed by atoms with Gasteiger partial charge in [0, 0.05) is 19.8 Å². The van der Waals surface area contributed by atoms with Crippen LogP contribution in [0.4, 0.5) is 13.2 Å². The van der Waals surface area contributed by atoms with Gasteiger partial charge in [0.2, 0.25) is 5.88 Å². The van der Waals surface area contributed by atoms with Gasteiger partial charge in [0.05, 0.1) is 6.54 Å². The van der Waals surface area contributed by atoms with Crippen molar-refractivity contribution in [1.29, 1.82) is 0 Å². The van der Waals surface area contributed by atoms with Crippen molar-refractivity contribution in [2.24, 2.45) is 4.99 Å². The van der Waals surface area contributed by atoms with Crippen molar-refractivity contribution in [1.82, 2.24) is 15.6 Å². The van der Waals surface area contributed by atoms with Gasteiger partial charge < -0.3 is 15.4 Å². The quantitative estimate of drug-likeness (QED) is 0.449. The van der Waals surface area contributed by atoms with Crippen LogP contribution < -0.4 is 15.4 Å². The zero-order chi connectivity index (χ0) is 18.8. The molecule has 8 heteroatoms. The highest BCUT2D eigenvalue weighted by molar-refractivity contribution is 5.79. The van der Waals surface area contributed by atoms with Crippen molar-refractivity contribution in [3.8, 4) is 5.88 Å². The molecule has 140 valence electrons. The predicted molar refractivity (Wildman–Crippen MR) is 94.2 cm³/mol. The molecule has 2 N–H and O–H groups in total. The molecule has 0 saturated heterocycles. The zero-order valence-corrected chi connectivity index (χ0v) is 14.4. The van der Waals surface area contributed by atoms with E-state index in [2.05, 4.69) is 20.6 Å². The van der Waals surface area contributed by atoms with E-state index in [0.717, 1.165) is 12.5 Å². The van der Waals surface area contributed by atoms with Crippen molar-refractivity contribution in [3.05, 3.63) is 59.8 Å². The van der Waals surface area contributed by atoms with Crippen LogP contribution in [0.25, 0.3) is 0 Å². The highest BCUT2D eigenvalue weighted by Gasteiger charge is 2.34. The molecular weight excluding hydrogens is 345 g/mol. The van der Waals surface area contributed by atoms with E-state index in [1.165, 1.54) is 17.8 Å². The first-order valence-corrected chi connectivity index (χ1v) is 8.14. The van der Waals surface area contributed by atoms with E-state index in [0.29, 0.717) is 19.0 Å². The van der Waals surface area contributed by atoms with Gasteiger partial charge >= 0.3 is 6.18 Å². The summed E-state index contributed by atoms with van der Waals surface area (Å²) >= 11 is 0. The number of nitrogens with one attached hydrogen (secondary N) is 2. The summed E-state index contributed by atoms with van der Waals surface area (Å²) < 4.78 is 43.7. The van der Waals surface area contributed by atoms with Crippen molar-refractivity contribution in [3.63, 3.8) is 0 Å². The Morgan fingerprint density at radius 2 is 1.81 bits per heavy atom. The largest absolute Gasteiger partial charge is 0.475 e. The Bertz CT molecular complexity index is 705. The van der Waals surface area contributed by atoms with Gasteiger partial charge in [-0.3, -0.25) is 4.99 Å². The number of halogens is 3. The number of guanidine groups is 1. The number of benzene rings is 1. The number of aromatic nitrogens is 1. The van der Waals surface area contributed by atoms with Gasteiger partial charge in [0.15, 0.2) is 5.96 Å². The second-order valence-electron chi connectivity index (χ2n) is 5.36. The number of nitrogens with zero attached hydrogens (tertiary/aromatic N) is 2. The fraction of sp³-hybridized carbons (Fsp3) is 0.333. The second kappa shape index (κ2) is 9.65. The van der Waals surface area contributed by atoms with Crippen molar-refractivity contribution in [2.75, 3.05) is 26.7 Å². The minimum Gasteiger partial charge on any atom is -0.475 e. The van der Waals surface area contributed by atoms with E-state index in [-0.39, 0.29) is 6.61 Å². The summed E-state index contributed by atoms with van der Waals surface area (Å²) in [6.45, 7) is 1.00. The van der Waals surface area contributed by atoms with Crippen LogP contribution in [-0.2, 0) is 12.6 Å². The molecule has 0 radical (unpaired) electrons. The predicted octanol–water partition coefficient (Wildman–Crippen LogP) is 2.89. The Kier molecular flexibility index (Phi) is 7.25. The molecule has 5 nitrogen and oxygen atoms in total. The van der Waals surface area contributed by atoms with Crippen LogP contribution in [0.15, 0.2) is 53.7 Å². The minimum absolute atomic E-state index is 0.0273. The van der Waals surface area contributed by atoms with Gasteiger partial charge in [0.1, 0.15) is 12.2 Å². The third-order valence-electron chi connectivity index (χ3n) is 3.48. The smallest absolute Gasteiger partial charge is 0.421 e. The first kappa shape index (κ1) is 19.6. The summed E-state index contributed by atoms with van der Waals surface area (Å²) in [5.74, 6) is 0.135. The van der Waals surface area contributed by atoms with Gasteiger partial charge in [-0.1, -0.05) is 30.3 Å². The van der Waals surface area contributed by atoms with Gasteiger partial charge in [-0.2, -0.15) is 13.2 Å². The van der Waals surface area contributed by atoms with Gasteiger partial charge in [-0.15, -0.1) is 0 Å². The number of hydrogen-bond donors (Lipinski definition) is 2. The molecule has 1 aromatic heterocycles. The third-order valence-corrected chi connectivity index (χ3v) is 3.48.